The third kappa shape index (κ3) is 2.85. The van der Waals surface area contributed by atoms with Crippen LogP contribution in [-0.4, -0.2) is 25.0 Å². The molecule has 2 aromatic heterocycles. The molecule has 0 fully saturated rings. The fraction of sp³-hybridized carbons (Fsp3) is 0.267. The van der Waals surface area contributed by atoms with E-state index in [0.717, 1.165) is 11.1 Å². The first-order valence-electron chi connectivity index (χ1n) is 6.73. The van der Waals surface area contributed by atoms with Gasteiger partial charge in [-0.1, -0.05) is 23.4 Å². The van der Waals surface area contributed by atoms with Gasteiger partial charge in [0.2, 0.25) is 0 Å². The lowest BCUT2D eigenvalue weighted by Crippen LogP contribution is -2.03. The topological polar surface area (TPSA) is 77.0 Å². The maximum atomic E-state index is 9.46. The Labute approximate surface area is 122 Å². The predicted molar refractivity (Wildman–Crippen MR) is 76.4 cm³/mol. The smallest absolute Gasteiger partial charge is 0.258 e. The van der Waals surface area contributed by atoms with Crippen molar-refractivity contribution in [2.24, 2.45) is 0 Å². The molecule has 0 aliphatic rings. The molecule has 0 amide bonds. The molecule has 1 N–H and O–H groups in total. The molecule has 6 nitrogen and oxygen atoms in total. The second-order valence-electron chi connectivity index (χ2n) is 4.94. The first-order chi connectivity index (χ1) is 10.1. The van der Waals surface area contributed by atoms with Crippen LogP contribution in [0.4, 0.5) is 0 Å². The van der Waals surface area contributed by atoms with Crippen molar-refractivity contribution in [1.29, 1.82) is 0 Å². The van der Waals surface area contributed by atoms with Gasteiger partial charge in [-0.2, -0.15) is 10.1 Å². The lowest BCUT2D eigenvalue weighted by molar-refractivity contribution is 0.193. The second kappa shape index (κ2) is 5.49. The van der Waals surface area contributed by atoms with Crippen LogP contribution in [0.1, 0.15) is 30.1 Å². The van der Waals surface area contributed by atoms with Gasteiger partial charge in [0.05, 0.1) is 11.8 Å². The highest BCUT2D eigenvalue weighted by Gasteiger charge is 2.12. The SMILES string of the molecule is Cc1ccccc1-c1nc(Cn2ccc([C@H](C)O)n2)no1. The van der Waals surface area contributed by atoms with Gasteiger partial charge in [-0.05, 0) is 31.5 Å². The predicted octanol–water partition coefficient (Wildman–Crippen LogP) is 2.34. The zero-order valence-electron chi connectivity index (χ0n) is 11.9. The molecule has 6 heteroatoms. The molecule has 0 spiro atoms. The first-order valence-corrected chi connectivity index (χ1v) is 6.73. The van der Waals surface area contributed by atoms with Crippen molar-refractivity contribution < 1.29 is 9.63 Å². The molecule has 0 unspecified atom stereocenters. The minimum absolute atomic E-state index is 0.405. The molecule has 0 saturated heterocycles. The van der Waals surface area contributed by atoms with E-state index in [9.17, 15) is 5.11 Å². The van der Waals surface area contributed by atoms with Crippen molar-refractivity contribution in [1.82, 2.24) is 19.9 Å². The van der Waals surface area contributed by atoms with Gasteiger partial charge < -0.3 is 9.63 Å². The average Bonchev–Trinajstić information content (AvgIpc) is 3.09. The third-order valence-corrected chi connectivity index (χ3v) is 3.24. The van der Waals surface area contributed by atoms with Crippen LogP contribution in [0.3, 0.4) is 0 Å². The van der Waals surface area contributed by atoms with Crippen LogP contribution in [0.2, 0.25) is 0 Å². The molecule has 1 atom stereocenters. The summed E-state index contributed by atoms with van der Waals surface area (Å²) in [7, 11) is 0. The molecule has 0 bridgehead atoms. The minimum atomic E-state index is -0.584. The lowest BCUT2D eigenvalue weighted by Gasteiger charge is -1.99. The zero-order chi connectivity index (χ0) is 14.8. The number of hydrogen-bond acceptors (Lipinski definition) is 5. The highest BCUT2D eigenvalue weighted by atomic mass is 16.5. The molecule has 3 rings (SSSR count). The quantitative estimate of drug-likeness (QED) is 0.795. The van der Waals surface area contributed by atoms with Crippen molar-refractivity contribution >= 4 is 0 Å². The largest absolute Gasteiger partial charge is 0.387 e. The van der Waals surface area contributed by atoms with Gasteiger partial charge in [-0.15, -0.1) is 0 Å². The number of aliphatic hydroxyl groups excluding tert-OH is 1. The molecule has 2 heterocycles. The Morgan fingerprint density at radius 3 is 2.81 bits per heavy atom. The van der Waals surface area contributed by atoms with E-state index in [1.165, 1.54) is 0 Å². The van der Waals surface area contributed by atoms with Crippen molar-refractivity contribution in [3.63, 3.8) is 0 Å². The van der Waals surface area contributed by atoms with Gasteiger partial charge in [0.25, 0.3) is 5.89 Å². The summed E-state index contributed by atoms with van der Waals surface area (Å²) in [6.45, 7) is 4.08. The number of rotatable bonds is 4. The van der Waals surface area contributed by atoms with Crippen LogP contribution in [0.25, 0.3) is 11.5 Å². The molecule has 108 valence electrons. The Balaban J connectivity index is 1.80. The van der Waals surface area contributed by atoms with Crippen LogP contribution in [0.5, 0.6) is 0 Å². The van der Waals surface area contributed by atoms with Gasteiger partial charge in [0.1, 0.15) is 6.54 Å². The number of nitrogens with zero attached hydrogens (tertiary/aromatic N) is 4. The molecule has 0 aliphatic carbocycles. The van der Waals surface area contributed by atoms with Crippen LogP contribution in [0.15, 0.2) is 41.1 Å². The van der Waals surface area contributed by atoms with Crippen molar-refractivity contribution in [2.75, 3.05) is 0 Å². The summed E-state index contributed by atoms with van der Waals surface area (Å²) in [5, 5.41) is 17.7. The van der Waals surface area contributed by atoms with Gasteiger partial charge >= 0.3 is 0 Å². The number of aromatic nitrogens is 4. The van der Waals surface area contributed by atoms with Crippen LogP contribution < -0.4 is 0 Å². The van der Waals surface area contributed by atoms with E-state index in [4.69, 9.17) is 4.52 Å². The van der Waals surface area contributed by atoms with Crippen molar-refractivity contribution in [3.8, 4) is 11.5 Å². The van der Waals surface area contributed by atoms with Gasteiger partial charge in [0, 0.05) is 11.8 Å². The number of aryl methyl sites for hydroxylation is 1. The highest BCUT2D eigenvalue weighted by molar-refractivity contribution is 5.57. The molecule has 0 aliphatic heterocycles. The van der Waals surface area contributed by atoms with E-state index < -0.39 is 6.10 Å². The van der Waals surface area contributed by atoms with Crippen LogP contribution >= 0.6 is 0 Å². The van der Waals surface area contributed by atoms with Gasteiger partial charge in [-0.25, -0.2) is 0 Å². The van der Waals surface area contributed by atoms with Crippen LogP contribution in [-0.2, 0) is 6.54 Å². The maximum Gasteiger partial charge on any atom is 0.258 e. The minimum Gasteiger partial charge on any atom is -0.387 e. The second-order valence-corrected chi connectivity index (χ2v) is 4.94. The molecule has 1 aromatic carbocycles. The molecular formula is C15H16N4O2. The average molecular weight is 284 g/mol. The van der Waals surface area contributed by atoms with Crippen LogP contribution in [0, 0.1) is 6.92 Å². The Bertz CT molecular complexity index is 745. The normalized spacial score (nSPS) is 12.5. The standard InChI is InChI=1S/C15H16N4O2/c1-10-5-3-4-6-12(10)15-16-14(18-21-15)9-19-8-7-13(17-19)11(2)20/h3-8,11,20H,9H2,1-2H3/t11-/m0/s1. The fourth-order valence-corrected chi connectivity index (χ4v) is 2.07. The van der Waals surface area contributed by atoms with Crippen molar-refractivity contribution in [3.05, 3.63) is 53.6 Å². The number of benzene rings is 1. The molecular weight excluding hydrogens is 268 g/mol. The molecule has 0 radical (unpaired) electrons. The Hall–Kier alpha value is -2.47. The van der Waals surface area contributed by atoms with E-state index >= 15 is 0 Å². The van der Waals surface area contributed by atoms with Crippen molar-refractivity contribution in [2.45, 2.75) is 26.5 Å². The van der Waals surface area contributed by atoms with E-state index in [-0.39, 0.29) is 0 Å². The summed E-state index contributed by atoms with van der Waals surface area (Å²) in [5.41, 5.74) is 2.64. The maximum absolute atomic E-state index is 9.46. The third-order valence-electron chi connectivity index (χ3n) is 3.24. The number of aliphatic hydroxyl groups is 1. The van der Waals surface area contributed by atoms with Gasteiger partial charge in [-0.3, -0.25) is 4.68 Å². The van der Waals surface area contributed by atoms with Gasteiger partial charge in [0.15, 0.2) is 5.82 Å². The Morgan fingerprint density at radius 2 is 2.10 bits per heavy atom. The van der Waals surface area contributed by atoms with E-state index in [1.54, 1.807) is 23.9 Å². The Morgan fingerprint density at radius 1 is 1.29 bits per heavy atom. The molecule has 3 aromatic rings. The Kier molecular flexibility index (Phi) is 3.53. The number of hydrogen-bond donors (Lipinski definition) is 1. The monoisotopic (exact) mass is 284 g/mol. The summed E-state index contributed by atoms with van der Waals surface area (Å²) in [6, 6.07) is 9.63. The summed E-state index contributed by atoms with van der Waals surface area (Å²) in [5.74, 6) is 1.06. The van der Waals surface area contributed by atoms with E-state index in [2.05, 4.69) is 15.2 Å². The summed E-state index contributed by atoms with van der Waals surface area (Å²) < 4.78 is 6.98. The molecule has 21 heavy (non-hydrogen) atoms. The highest BCUT2D eigenvalue weighted by Crippen LogP contribution is 2.21. The fourth-order valence-electron chi connectivity index (χ4n) is 2.07. The lowest BCUT2D eigenvalue weighted by atomic mass is 10.1. The zero-order valence-corrected chi connectivity index (χ0v) is 11.9. The first kappa shape index (κ1) is 13.5. The summed E-state index contributed by atoms with van der Waals surface area (Å²) in [4.78, 5) is 4.39. The van der Waals surface area contributed by atoms with E-state index in [0.29, 0.717) is 24.0 Å². The summed E-state index contributed by atoms with van der Waals surface area (Å²) in [6.07, 6.45) is 1.20. The van der Waals surface area contributed by atoms with E-state index in [1.807, 2.05) is 31.2 Å². The molecule has 0 saturated carbocycles. The summed E-state index contributed by atoms with van der Waals surface area (Å²) >= 11 is 0.